The van der Waals surface area contributed by atoms with Gasteiger partial charge in [0.25, 0.3) is 0 Å². The maximum Gasteiger partial charge on any atom is 0.417 e. The van der Waals surface area contributed by atoms with E-state index in [1.54, 1.807) is 0 Å². The molecule has 0 fully saturated rings. The summed E-state index contributed by atoms with van der Waals surface area (Å²) >= 11 is 14.8. The molecule has 68 valence electrons. The van der Waals surface area contributed by atoms with Crippen LogP contribution in [-0.4, -0.2) is 4.98 Å². The molecule has 13 heavy (non-hydrogen) atoms. The van der Waals surface area contributed by atoms with Gasteiger partial charge in [0, 0.05) is 0 Å². The number of halogens is 3. The summed E-state index contributed by atoms with van der Waals surface area (Å²) in [6.45, 7) is 0. The lowest BCUT2D eigenvalue weighted by molar-refractivity contribution is 0.554. The average molecular weight is 283 g/mol. The first kappa shape index (κ1) is 9.12. The molecule has 0 bridgehead atoms. The molecule has 0 spiro atoms. The van der Waals surface area contributed by atoms with Gasteiger partial charge in [0.2, 0.25) is 0 Å². The third kappa shape index (κ3) is 1.39. The van der Waals surface area contributed by atoms with Gasteiger partial charge in [0.15, 0.2) is 5.58 Å². The average Bonchev–Trinajstić information content (AvgIpc) is 2.44. The third-order valence-electron chi connectivity index (χ3n) is 1.55. The van der Waals surface area contributed by atoms with Crippen LogP contribution in [0.5, 0.6) is 0 Å². The number of nitrogens with one attached hydrogen (secondary N) is 1. The number of hydrogen-bond donors (Lipinski definition) is 1. The minimum absolute atomic E-state index is 0.336. The van der Waals surface area contributed by atoms with Gasteiger partial charge in [0.05, 0.1) is 14.5 Å². The van der Waals surface area contributed by atoms with Crippen molar-refractivity contribution >= 4 is 50.2 Å². The van der Waals surface area contributed by atoms with Gasteiger partial charge in [0.1, 0.15) is 5.52 Å². The number of fused-ring (bicyclic) bond motifs is 1. The van der Waals surface area contributed by atoms with E-state index in [2.05, 4.69) is 20.9 Å². The predicted molar refractivity (Wildman–Crippen MR) is 54.6 cm³/mol. The Labute approximate surface area is 90.8 Å². The topological polar surface area (TPSA) is 46.0 Å². The van der Waals surface area contributed by atoms with Gasteiger partial charge in [-0.2, -0.15) is 0 Å². The largest absolute Gasteiger partial charge is 0.417 e. The number of aromatic amines is 1. The summed E-state index contributed by atoms with van der Waals surface area (Å²) in [5.74, 6) is -0.556. The van der Waals surface area contributed by atoms with Gasteiger partial charge in [-0.05, 0) is 22.0 Å². The summed E-state index contributed by atoms with van der Waals surface area (Å²) in [5, 5.41) is 0.759. The molecule has 1 heterocycles. The lowest BCUT2D eigenvalue weighted by Gasteiger charge is -1.97. The van der Waals surface area contributed by atoms with E-state index in [-0.39, 0.29) is 0 Å². The Morgan fingerprint density at radius 3 is 2.77 bits per heavy atom. The zero-order chi connectivity index (χ0) is 9.59. The normalized spacial score (nSPS) is 11.0. The summed E-state index contributed by atoms with van der Waals surface area (Å²) < 4.78 is 5.35. The van der Waals surface area contributed by atoms with E-state index in [0.717, 1.165) is 0 Å². The smallest absolute Gasteiger partial charge is 0.407 e. The van der Waals surface area contributed by atoms with Crippen LogP contribution in [0.15, 0.2) is 19.8 Å². The van der Waals surface area contributed by atoms with Crippen LogP contribution in [0, 0.1) is 0 Å². The van der Waals surface area contributed by atoms with Crippen LogP contribution in [0.2, 0.25) is 10.0 Å². The van der Waals surface area contributed by atoms with E-state index < -0.39 is 5.76 Å². The lowest BCUT2D eigenvalue weighted by Crippen LogP contribution is -1.93. The molecule has 0 amide bonds. The molecule has 1 aromatic heterocycles. The minimum atomic E-state index is -0.556. The van der Waals surface area contributed by atoms with Gasteiger partial charge >= 0.3 is 5.76 Å². The van der Waals surface area contributed by atoms with Crippen LogP contribution in [0.3, 0.4) is 0 Å². The Morgan fingerprint density at radius 1 is 1.38 bits per heavy atom. The second-order valence-corrected chi connectivity index (χ2v) is 3.98. The van der Waals surface area contributed by atoms with Gasteiger partial charge in [-0.25, -0.2) is 4.79 Å². The molecule has 1 N–H and O–H groups in total. The van der Waals surface area contributed by atoms with E-state index in [9.17, 15) is 4.79 Å². The number of H-pyrrole nitrogens is 1. The minimum Gasteiger partial charge on any atom is -0.407 e. The maximum atomic E-state index is 10.9. The number of hydrogen-bond acceptors (Lipinski definition) is 2. The highest BCUT2D eigenvalue weighted by Crippen LogP contribution is 2.34. The van der Waals surface area contributed by atoms with Crippen molar-refractivity contribution < 1.29 is 4.42 Å². The predicted octanol–water partition coefficient (Wildman–Crippen LogP) is 3.19. The molecule has 0 aliphatic rings. The van der Waals surface area contributed by atoms with E-state index in [1.165, 1.54) is 6.07 Å². The molecule has 0 saturated heterocycles. The monoisotopic (exact) mass is 281 g/mol. The number of aromatic nitrogens is 1. The van der Waals surface area contributed by atoms with E-state index >= 15 is 0 Å². The van der Waals surface area contributed by atoms with Crippen LogP contribution in [0.25, 0.3) is 11.1 Å². The third-order valence-corrected chi connectivity index (χ3v) is 3.16. The first-order chi connectivity index (χ1) is 6.09. The fraction of sp³-hybridized carbons (Fsp3) is 0. The van der Waals surface area contributed by atoms with Crippen molar-refractivity contribution in [3.05, 3.63) is 31.1 Å². The Hall–Kier alpha value is -0.450. The molecule has 2 aromatic rings. The first-order valence-corrected chi connectivity index (χ1v) is 4.81. The summed E-state index contributed by atoms with van der Waals surface area (Å²) in [6, 6.07) is 1.53. The van der Waals surface area contributed by atoms with Crippen LogP contribution >= 0.6 is 39.1 Å². The van der Waals surface area contributed by atoms with E-state index in [4.69, 9.17) is 27.6 Å². The molecule has 2 rings (SSSR count). The SMILES string of the molecule is O=c1[nH]c2c(Cl)cc(Cl)c(Br)c2o1. The van der Waals surface area contributed by atoms with Gasteiger partial charge in [-0.15, -0.1) is 0 Å². The maximum absolute atomic E-state index is 10.9. The molecule has 0 aliphatic carbocycles. The second-order valence-electron chi connectivity index (χ2n) is 2.37. The summed E-state index contributed by atoms with van der Waals surface area (Å²) in [4.78, 5) is 13.3. The highest BCUT2D eigenvalue weighted by atomic mass is 79.9. The van der Waals surface area contributed by atoms with Crippen molar-refractivity contribution in [1.29, 1.82) is 0 Å². The van der Waals surface area contributed by atoms with Crippen molar-refractivity contribution in [1.82, 2.24) is 4.98 Å². The van der Waals surface area contributed by atoms with Crippen molar-refractivity contribution in [2.24, 2.45) is 0 Å². The standard InChI is InChI=1S/C7H2BrCl2NO2/c8-4-2(9)1-3(10)5-6(4)13-7(12)11-5/h1H,(H,11,12). The highest BCUT2D eigenvalue weighted by Gasteiger charge is 2.12. The Kier molecular flexibility index (Phi) is 2.14. The van der Waals surface area contributed by atoms with Crippen molar-refractivity contribution in [2.45, 2.75) is 0 Å². The van der Waals surface area contributed by atoms with E-state index in [1.807, 2.05) is 0 Å². The molecule has 6 heteroatoms. The Morgan fingerprint density at radius 2 is 2.08 bits per heavy atom. The van der Waals surface area contributed by atoms with Gasteiger partial charge in [-0.3, -0.25) is 4.98 Å². The summed E-state index contributed by atoms with van der Waals surface area (Å²) in [5.41, 5.74) is 0.783. The summed E-state index contributed by atoms with van der Waals surface area (Å²) in [7, 11) is 0. The number of rotatable bonds is 0. The Bertz CT molecular complexity index is 531. The number of benzene rings is 1. The summed E-state index contributed by atoms with van der Waals surface area (Å²) in [6.07, 6.45) is 0. The van der Waals surface area contributed by atoms with Crippen LogP contribution in [-0.2, 0) is 0 Å². The molecule has 0 saturated carbocycles. The highest BCUT2D eigenvalue weighted by molar-refractivity contribution is 9.10. The molecule has 0 atom stereocenters. The fourth-order valence-corrected chi connectivity index (χ4v) is 1.89. The molecular weight excluding hydrogens is 281 g/mol. The van der Waals surface area contributed by atoms with Crippen molar-refractivity contribution in [3.8, 4) is 0 Å². The van der Waals surface area contributed by atoms with Crippen LogP contribution < -0.4 is 5.76 Å². The van der Waals surface area contributed by atoms with Crippen molar-refractivity contribution in [3.63, 3.8) is 0 Å². The Balaban J connectivity index is 3.04. The van der Waals surface area contributed by atoms with Crippen molar-refractivity contribution in [2.75, 3.05) is 0 Å². The van der Waals surface area contributed by atoms with Gasteiger partial charge < -0.3 is 4.42 Å². The molecule has 0 radical (unpaired) electrons. The lowest BCUT2D eigenvalue weighted by atomic mass is 10.3. The first-order valence-electron chi connectivity index (χ1n) is 3.26. The van der Waals surface area contributed by atoms with E-state index in [0.29, 0.717) is 25.6 Å². The zero-order valence-corrected chi connectivity index (χ0v) is 9.13. The second kappa shape index (κ2) is 3.04. The molecule has 1 aromatic carbocycles. The van der Waals surface area contributed by atoms with Crippen LogP contribution in [0.4, 0.5) is 0 Å². The molecule has 3 nitrogen and oxygen atoms in total. The molecule has 0 unspecified atom stereocenters. The zero-order valence-electron chi connectivity index (χ0n) is 6.03. The van der Waals surface area contributed by atoms with Gasteiger partial charge in [-0.1, -0.05) is 23.2 Å². The van der Waals surface area contributed by atoms with Crippen LogP contribution in [0.1, 0.15) is 0 Å². The molecular formula is C7H2BrCl2NO2. The fourth-order valence-electron chi connectivity index (χ4n) is 1.01. The quantitative estimate of drug-likeness (QED) is 0.755. The number of oxazole rings is 1. The molecule has 0 aliphatic heterocycles.